The fraction of sp³-hybridized carbons (Fsp3) is 0.889. The molecule has 5 heteroatoms. The Labute approximate surface area is 89.6 Å². The third-order valence-electron chi connectivity index (χ3n) is 2.34. The molecule has 1 rings (SSSR count). The molecule has 1 saturated heterocycles. The van der Waals surface area contributed by atoms with Crippen LogP contribution in [0.25, 0.3) is 0 Å². The molecule has 1 atom stereocenters. The number of rotatable bonds is 3. The van der Waals surface area contributed by atoms with E-state index in [-0.39, 0.29) is 5.91 Å². The molecule has 3 N–H and O–H groups in total. The standard InChI is InChI=1S/C9H19N3OS/c1-9(10,7-14-2)8(13)12-5-3-11-4-6-12/h11H,3-7,10H2,1-2H3. The van der Waals surface area contributed by atoms with Crippen molar-refractivity contribution in [3.05, 3.63) is 0 Å². The van der Waals surface area contributed by atoms with E-state index < -0.39 is 5.54 Å². The van der Waals surface area contributed by atoms with E-state index in [1.165, 1.54) is 0 Å². The summed E-state index contributed by atoms with van der Waals surface area (Å²) in [5.74, 6) is 0.754. The van der Waals surface area contributed by atoms with E-state index in [1.54, 1.807) is 11.8 Å². The largest absolute Gasteiger partial charge is 0.339 e. The Balaban J connectivity index is 2.53. The lowest BCUT2D eigenvalue weighted by atomic mass is 10.0. The van der Waals surface area contributed by atoms with Gasteiger partial charge < -0.3 is 16.0 Å². The molecular weight excluding hydrogens is 198 g/mol. The van der Waals surface area contributed by atoms with Gasteiger partial charge in [0.25, 0.3) is 0 Å². The van der Waals surface area contributed by atoms with Crippen LogP contribution in [-0.4, -0.2) is 54.5 Å². The number of amides is 1. The number of nitrogens with two attached hydrogens (primary N) is 1. The molecule has 0 aromatic rings. The number of carbonyl (C=O) groups excluding carboxylic acids is 1. The van der Waals surface area contributed by atoms with E-state index in [2.05, 4.69) is 5.32 Å². The second kappa shape index (κ2) is 5.00. The van der Waals surface area contributed by atoms with Gasteiger partial charge in [0.15, 0.2) is 0 Å². The quantitative estimate of drug-likeness (QED) is 0.669. The number of hydrogen-bond donors (Lipinski definition) is 2. The topological polar surface area (TPSA) is 58.4 Å². The third-order valence-corrected chi connectivity index (χ3v) is 3.23. The van der Waals surface area contributed by atoms with Crippen molar-refractivity contribution >= 4 is 17.7 Å². The van der Waals surface area contributed by atoms with Crippen LogP contribution >= 0.6 is 11.8 Å². The third kappa shape index (κ3) is 2.87. The van der Waals surface area contributed by atoms with E-state index in [0.717, 1.165) is 26.2 Å². The van der Waals surface area contributed by atoms with Crippen LogP contribution < -0.4 is 11.1 Å². The van der Waals surface area contributed by atoms with Gasteiger partial charge in [0.2, 0.25) is 5.91 Å². The number of carbonyl (C=O) groups is 1. The van der Waals surface area contributed by atoms with Crippen LogP contribution in [0.1, 0.15) is 6.92 Å². The molecule has 4 nitrogen and oxygen atoms in total. The summed E-state index contributed by atoms with van der Waals surface area (Å²) >= 11 is 1.61. The SMILES string of the molecule is CSCC(C)(N)C(=O)N1CCNCC1. The smallest absolute Gasteiger partial charge is 0.243 e. The number of nitrogens with zero attached hydrogens (tertiary/aromatic N) is 1. The molecule has 0 radical (unpaired) electrons. The molecule has 0 spiro atoms. The van der Waals surface area contributed by atoms with Crippen LogP contribution in [0.3, 0.4) is 0 Å². The van der Waals surface area contributed by atoms with Crippen LogP contribution in [0.5, 0.6) is 0 Å². The second-order valence-electron chi connectivity index (χ2n) is 3.89. The summed E-state index contributed by atoms with van der Waals surface area (Å²) in [6.45, 7) is 5.12. The predicted octanol–water partition coefficient (Wildman–Crippen LogP) is -0.501. The average Bonchev–Trinajstić information content (AvgIpc) is 2.18. The van der Waals surface area contributed by atoms with Crippen molar-refractivity contribution in [2.45, 2.75) is 12.5 Å². The summed E-state index contributed by atoms with van der Waals surface area (Å²) in [4.78, 5) is 13.8. The summed E-state index contributed by atoms with van der Waals surface area (Å²) < 4.78 is 0. The van der Waals surface area contributed by atoms with Crippen molar-refractivity contribution < 1.29 is 4.79 Å². The minimum absolute atomic E-state index is 0.0772. The number of nitrogens with one attached hydrogen (secondary N) is 1. The minimum Gasteiger partial charge on any atom is -0.339 e. The zero-order chi connectivity index (χ0) is 10.6. The van der Waals surface area contributed by atoms with Crippen molar-refractivity contribution in [3.63, 3.8) is 0 Å². The molecule has 0 aliphatic carbocycles. The highest BCUT2D eigenvalue weighted by atomic mass is 32.2. The Morgan fingerprint density at radius 2 is 2.14 bits per heavy atom. The van der Waals surface area contributed by atoms with E-state index in [4.69, 9.17) is 5.73 Å². The van der Waals surface area contributed by atoms with Gasteiger partial charge in [-0.25, -0.2) is 0 Å². The lowest BCUT2D eigenvalue weighted by molar-refractivity contribution is -0.136. The Hall–Kier alpha value is -0.260. The van der Waals surface area contributed by atoms with Gasteiger partial charge in [-0.1, -0.05) is 0 Å². The van der Waals surface area contributed by atoms with E-state index in [0.29, 0.717) is 5.75 Å². The Bertz CT molecular complexity index is 202. The van der Waals surface area contributed by atoms with Crippen molar-refractivity contribution in [3.8, 4) is 0 Å². The maximum atomic E-state index is 12.0. The van der Waals surface area contributed by atoms with Crippen LogP contribution in [0, 0.1) is 0 Å². The molecule has 0 aromatic carbocycles. The highest BCUT2D eigenvalue weighted by Crippen LogP contribution is 2.12. The highest BCUT2D eigenvalue weighted by molar-refractivity contribution is 7.98. The number of piperazine rings is 1. The van der Waals surface area contributed by atoms with Crippen LogP contribution in [0.4, 0.5) is 0 Å². The Morgan fingerprint density at radius 1 is 1.57 bits per heavy atom. The first kappa shape index (κ1) is 11.8. The molecule has 1 aliphatic heterocycles. The van der Waals surface area contributed by atoms with Gasteiger partial charge in [-0.05, 0) is 13.2 Å². The summed E-state index contributed by atoms with van der Waals surface area (Å²) in [5.41, 5.74) is 5.26. The molecule has 82 valence electrons. The first-order chi connectivity index (χ1) is 6.58. The molecular formula is C9H19N3OS. The number of thioether (sulfide) groups is 1. The zero-order valence-corrected chi connectivity index (χ0v) is 9.69. The Morgan fingerprint density at radius 3 is 2.64 bits per heavy atom. The van der Waals surface area contributed by atoms with E-state index in [1.807, 2.05) is 18.1 Å². The molecule has 0 saturated carbocycles. The molecule has 14 heavy (non-hydrogen) atoms. The van der Waals surface area contributed by atoms with Crippen molar-refractivity contribution in [2.75, 3.05) is 38.2 Å². The second-order valence-corrected chi connectivity index (χ2v) is 4.76. The molecule has 1 fully saturated rings. The minimum atomic E-state index is -0.712. The highest BCUT2D eigenvalue weighted by Gasteiger charge is 2.32. The van der Waals surface area contributed by atoms with Gasteiger partial charge in [-0.15, -0.1) is 0 Å². The van der Waals surface area contributed by atoms with Gasteiger partial charge in [0.1, 0.15) is 5.54 Å². The fourth-order valence-electron chi connectivity index (χ4n) is 1.59. The zero-order valence-electron chi connectivity index (χ0n) is 8.88. The monoisotopic (exact) mass is 217 g/mol. The van der Waals surface area contributed by atoms with Gasteiger partial charge in [-0.2, -0.15) is 11.8 Å². The molecule has 0 bridgehead atoms. The van der Waals surface area contributed by atoms with Crippen molar-refractivity contribution in [2.24, 2.45) is 5.73 Å². The van der Waals surface area contributed by atoms with Gasteiger partial charge in [0.05, 0.1) is 0 Å². The van der Waals surface area contributed by atoms with Crippen molar-refractivity contribution in [1.82, 2.24) is 10.2 Å². The first-order valence-corrected chi connectivity index (χ1v) is 6.25. The summed E-state index contributed by atoms with van der Waals surface area (Å²) in [5, 5.41) is 3.21. The summed E-state index contributed by atoms with van der Waals surface area (Å²) in [7, 11) is 0. The van der Waals surface area contributed by atoms with E-state index >= 15 is 0 Å². The van der Waals surface area contributed by atoms with E-state index in [9.17, 15) is 4.79 Å². The maximum Gasteiger partial charge on any atom is 0.243 e. The lowest BCUT2D eigenvalue weighted by Crippen LogP contribution is -2.58. The molecule has 1 amide bonds. The molecule has 0 aromatic heterocycles. The van der Waals surface area contributed by atoms with Crippen LogP contribution in [-0.2, 0) is 4.79 Å². The normalized spacial score (nSPS) is 21.8. The molecule has 1 unspecified atom stereocenters. The van der Waals surface area contributed by atoms with Gasteiger partial charge >= 0.3 is 0 Å². The number of hydrogen-bond acceptors (Lipinski definition) is 4. The van der Waals surface area contributed by atoms with Gasteiger partial charge in [0, 0.05) is 31.9 Å². The lowest BCUT2D eigenvalue weighted by Gasteiger charge is -2.34. The average molecular weight is 217 g/mol. The first-order valence-electron chi connectivity index (χ1n) is 4.86. The maximum absolute atomic E-state index is 12.0. The molecule has 1 aliphatic rings. The van der Waals surface area contributed by atoms with Crippen molar-refractivity contribution in [1.29, 1.82) is 0 Å². The Kier molecular flexibility index (Phi) is 4.22. The summed E-state index contributed by atoms with van der Waals surface area (Å²) in [6.07, 6.45) is 1.97. The fourth-order valence-corrected chi connectivity index (χ4v) is 2.31. The van der Waals surface area contributed by atoms with Crippen LogP contribution in [0.15, 0.2) is 0 Å². The predicted molar refractivity (Wildman–Crippen MR) is 60.4 cm³/mol. The van der Waals surface area contributed by atoms with Crippen LogP contribution in [0.2, 0.25) is 0 Å². The molecule has 1 heterocycles. The summed E-state index contributed by atoms with van der Waals surface area (Å²) in [6, 6.07) is 0. The van der Waals surface area contributed by atoms with Gasteiger partial charge in [-0.3, -0.25) is 4.79 Å².